The molecule has 0 amide bonds. The Kier molecular flexibility index (Phi) is 5.17. The van der Waals surface area contributed by atoms with Crippen molar-refractivity contribution in [3.63, 3.8) is 0 Å². The van der Waals surface area contributed by atoms with Crippen molar-refractivity contribution in [2.45, 2.75) is 32.5 Å². The molecular weight excluding hydrogens is 281 g/mol. The second-order valence-electron chi connectivity index (χ2n) is 4.97. The molecule has 0 saturated heterocycles. The van der Waals surface area contributed by atoms with Crippen molar-refractivity contribution in [1.82, 2.24) is 15.3 Å². The molecule has 0 atom stereocenters. The van der Waals surface area contributed by atoms with Gasteiger partial charge < -0.3 is 10.2 Å². The zero-order chi connectivity index (χ0) is 15.3. The second-order valence-corrected chi connectivity index (χ2v) is 4.97. The van der Waals surface area contributed by atoms with Crippen LogP contribution in [0.4, 0.5) is 19.0 Å². The molecule has 0 aliphatic carbocycles. The third-order valence-corrected chi connectivity index (χ3v) is 3.32. The van der Waals surface area contributed by atoms with E-state index in [0.717, 1.165) is 18.7 Å². The fraction of sp³-hybridized carbons (Fsp3) is 0.571. The van der Waals surface area contributed by atoms with Crippen LogP contribution in [-0.4, -0.2) is 35.8 Å². The number of rotatable bonds is 5. The molecule has 4 nitrogen and oxygen atoms in total. The van der Waals surface area contributed by atoms with Crippen LogP contribution in [0.3, 0.4) is 0 Å². The predicted octanol–water partition coefficient (Wildman–Crippen LogP) is 2.68. The molecule has 2 heterocycles. The number of hydrogen-bond acceptors (Lipinski definition) is 4. The lowest BCUT2D eigenvalue weighted by molar-refractivity contribution is -0.0944. The average Bonchev–Trinajstić information content (AvgIpc) is 2.48. The van der Waals surface area contributed by atoms with Crippen LogP contribution in [-0.2, 0) is 6.54 Å². The van der Waals surface area contributed by atoms with Gasteiger partial charge in [0.2, 0.25) is 0 Å². The minimum absolute atomic E-state index is 0.00894. The number of nitrogens with zero attached hydrogens (tertiary/aromatic N) is 3. The lowest BCUT2D eigenvalue weighted by atomic mass is 10.1. The summed E-state index contributed by atoms with van der Waals surface area (Å²) in [7, 11) is 0. The molecule has 1 N–H and O–H groups in total. The van der Waals surface area contributed by atoms with Gasteiger partial charge in [-0.1, -0.05) is 13.0 Å². The molecule has 7 heteroatoms. The first kappa shape index (κ1) is 15.8. The van der Waals surface area contributed by atoms with Crippen molar-refractivity contribution < 1.29 is 13.2 Å². The summed E-state index contributed by atoms with van der Waals surface area (Å²) in [5.41, 5.74) is 0.378. The number of alkyl halides is 3. The Morgan fingerprint density at radius 1 is 1.29 bits per heavy atom. The Balaban J connectivity index is 1.93. The molecule has 0 bridgehead atoms. The van der Waals surface area contributed by atoms with E-state index < -0.39 is 11.7 Å². The van der Waals surface area contributed by atoms with Gasteiger partial charge >= 0.3 is 6.18 Å². The van der Waals surface area contributed by atoms with Crippen molar-refractivity contribution in [3.05, 3.63) is 29.7 Å². The van der Waals surface area contributed by atoms with Gasteiger partial charge in [-0.25, -0.2) is 4.98 Å². The third-order valence-electron chi connectivity index (χ3n) is 3.32. The van der Waals surface area contributed by atoms with Crippen molar-refractivity contribution in [2.75, 3.05) is 24.5 Å². The van der Waals surface area contributed by atoms with Gasteiger partial charge in [0.15, 0.2) is 0 Å². The zero-order valence-electron chi connectivity index (χ0n) is 12.0. The molecule has 0 aromatic carbocycles. The van der Waals surface area contributed by atoms with Gasteiger partial charge in [-0.15, -0.1) is 0 Å². The highest BCUT2D eigenvalue weighted by molar-refractivity contribution is 5.39. The van der Waals surface area contributed by atoms with Gasteiger partial charge in [0, 0.05) is 25.2 Å². The first-order valence-electron chi connectivity index (χ1n) is 7.03. The summed E-state index contributed by atoms with van der Waals surface area (Å²) in [6.07, 6.45) is 1.34. The zero-order valence-corrected chi connectivity index (χ0v) is 12.0. The van der Waals surface area contributed by atoms with E-state index in [1.165, 1.54) is 6.08 Å². The molecule has 0 saturated carbocycles. The number of hydrogen-bond donors (Lipinski definition) is 1. The fourth-order valence-electron chi connectivity index (χ4n) is 2.13. The number of halogens is 3. The molecule has 1 aromatic rings. The van der Waals surface area contributed by atoms with Crippen LogP contribution in [0.2, 0.25) is 0 Å². The quantitative estimate of drug-likeness (QED) is 0.670. The first-order valence-corrected chi connectivity index (χ1v) is 7.03. The molecule has 0 spiro atoms. The minimum atomic E-state index is -4.22. The fourth-order valence-corrected chi connectivity index (χ4v) is 2.13. The molecule has 0 unspecified atom stereocenters. The van der Waals surface area contributed by atoms with Gasteiger partial charge in [0.05, 0.1) is 18.1 Å². The number of anilines is 1. The normalized spacial score (nSPS) is 16.0. The largest absolute Gasteiger partial charge is 0.412 e. The summed E-state index contributed by atoms with van der Waals surface area (Å²) in [5, 5.41) is 3.22. The summed E-state index contributed by atoms with van der Waals surface area (Å²) in [6, 6.07) is 0. The lowest BCUT2D eigenvalue weighted by Gasteiger charge is -2.27. The average molecular weight is 300 g/mol. The molecule has 2 rings (SSSR count). The highest BCUT2D eigenvalue weighted by Gasteiger charge is 2.34. The number of nitrogens with one attached hydrogen (secondary N) is 1. The van der Waals surface area contributed by atoms with Gasteiger partial charge in [-0.05, 0) is 19.4 Å². The highest BCUT2D eigenvalue weighted by Crippen LogP contribution is 2.30. The van der Waals surface area contributed by atoms with E-state index >= 15 is 0 Å². The SMILES string of the molecule is CCCNCc1cnc(N2CC=C(C(F)(F)F)CC2)cn1. The molecule has 1 aromatic heterocycles. The Bertz CT molecular complexity index is 482. The van der Waals surface area contributed by atoms with Crippen molar-refractivity contribution in [3.8, 4) is 0 Å². The maximum absolute atomic E-state index is 12.5. The Morgan fingerprint density at radius 2 is 2.10 bits per heavy atom. The Hall–Kier alpha value is -1.63. The standard InChI is InChI=1S/C14H19F3N4/c1-2-5-18-8-12-9-20-13(10-19-12)21-6-3-11(4-7-21)14(15,16)17/h3,9-10,18H,2,4-8H2,1H3. The van der Waals surface area contributed by atoms with Gasteiger partial charge in [0.1, 0.15) is 5.82 Å². The molecule has 116 valence electrons. The van der Waals surface area contributed by atoms with E-state index in [0.29, 0.717) is 18.9 Å². The van der Waals surface area contributed by atoms with Crippen LogP contribution in [0, 0.1) is 0 Å². The Morgan fingerprint density at radius 3 is 2.62 bits per heavy atom. The van der Waals surface area contributed by atoms with Crippen LogP contribution < -0.4 is 10.2 Å². The van der Waals surface area contributed by atoms with E-state index in [4.69, 9.17) is 0 Å². The second kappa shape index (κ2) is 6.89. The van der Waals surface area contributed by atoms with Crippen molar-refractivity contribution in [1.29, 1.82) is 0 Å². The Labute approximate surface area is 122 Å². The molecular formula is C14H19F3N4. The van der Waals surface area contributed by atoms with Crippen LogP contribution in [0.15, 0.2) is 24.0 Å². The van der Waals surface area contributed by atoms with E-state index in [-0.39, 0.29) is 13.0 Å². The van der Waals surface area contributed by atoms with Gasteiger partial charge in [0.25, 0.3) is 0 Å². The topological polar surface area (TPSA) is 41.1 Å². The first-order chi connectivity index (χ1) is 10.0. The summed E-state index contributed by atoms with van der Waals surface area (Å²) >= 11 is 0. The maximum atomic E-state index is 12.5. The highest BCUT2D eigenvalue weighted by atomic mass is 19.4. The third kappa shape index (κ3) is 4.42. The van der Waals surface area contributed by atoms with Gasteiger partial charge in [-0.3, -0.25) is 4.98 Å². The summed E-state index contributed by atoms with van der Waals surface area (Å²) in [4.78, 5) is 10.4. The molecule has 1 aliphatic heterocycles. The lowest BCUT2D eigenvalue weighted by Crippen LogP contribution is -2.32. The van der Waals surface area contributed by atoms with Crippen molar-refractivity contribution >= 4 is 5.82 Å². The smallest absolute Gasteiger partial charge is 0.351 e. The monoisotopic (exact) mass is 300 g/mol. The maximum Gasteiger partial charge on any atom is 0.412 e. The van der Waals surface area contributed by atoms with E-state index in [9.17, 15) is 13.2 Å². The predicted molar refractivity (Wildman–Crippen MR) is 75.0 cm³/mol. The molecule has 0 radical (unpaired) electrons. The van der Waals surface area contributed by atoms with E-state index in [1.54, 1.807) is 17.3 Å². The van der Waals surface area contributed by atoms with E-state index in [2.05, 4.69) is 22.2 Å². The minimum Gasteiger partial charge on any atom is -0.351 e. The molecule has 21 heavy (non-hydrogen) atoms. The van der Waals surface area contributed by atoms with Crippen LogP contribution in [0.1, 0.15) is 25.5 Å². The van der Waals surface area contributed by atoms with Crippen molar-refractivity contribution in [2.24, 2.45) is 0 Å². The van der Waals surface area contributed by atoms with E-state index in [1.807, 2.05) is 0 Å². The summed E-state index contributed by atoms with van der Waals surface area (Å²) < 4.78 is 37.6. The van der Waals surface area contributed by atoms with Crippen LogP contribution >= 0.6 is 0 Å². The molecule has 0 fully saturated rings. The van der Waals surface area contributed by atoms with Crippen LogP contribution in [0.25, 0.3) is 0 Å². The molecule has 1 aliphatic rings. The number of aromatic nitrogens is 2. The van der Waals surface area contributed by atoms with Gasteiger partial charge in [-0.2, -0.15) is 13.2 Å². The summed E-state index contributed by atoms with van der Waals surface area (Å²) in [5.74, 6) is 0.617. The van der Waals surface area contributed by atoms with Crippen LogP contribution in [0.5, 0.6) is 0 Å². The summed E-state index contributed by atoms with van der Waals surface area (Å²) in [6.45, 7) is 4.19.